The summed E-state index contributed by atoms with van der Waals surface area (Å²) in [6, 6.07) is 19.0. The number of benzene rings is 2. The second-order valence-corrected chi connectivity index (χ2v) is 7.51. The summed E-state index contributed by atoms with van der Waals surface area (Å²) >= 11 is 6.51. The summed E-state index contributed by atoms with van der Waals surface area (Å²) in [5, 5.41) is 9.77. The molecule has 0 saturated carbocycles. The van der Waals surface area contributed by atoms with Crippen LogP contribution in [0.5, 0.6) is 0 Å². The average molecular weight is 369 g/mol. The SMILES string of the molecule is CC.CC1(CC#N)CCN(Cc2ccc(-c3ccccc3)c(Cl)c2)CC1. The lowest BCUT2D eigenvalue weighted by molar-refractivity contribution is 0.116. The van der Waals surface area contributed by atoms with E-state index in [0.29, 0.717) is 6.42 Å². The van der Waals surface area contributed by atoms with E-state index < -0.39 is 0 Å². The Kier molecular flexibility index (Phi) is 7.69. The van der Waals surface area contributed by atoms with Gasteiger partial charge in [0.2, 0.25) is 0 Å². The molecule has 0 bridgehead atoms. The number of likely N-dealkylation sites (tertiary alicyclic amines) is 1. The van der Waals surface area contributed by atoms with E-state index in [1.54, 1.807) is 0 Å². The predicted octanol–water partition coefficient (Wildman–Crippen LogP) is 6.55. The van der Waals surface area contributed by atoms with Gasteiger partial charge in [0.1, 0.15) is 0 Å². The van der Waals surface area contributed by atoms with E-state index in [1.165, 1.54) is 5.56 Å². The van der Waals surface area contributed by atoms with Crippen LogP contribution < -0.4 is 0 Å². The summed E-state index contributed by atoms with van der Waals surface area (Å²) in [6.07, 6.45) is 2.85. The van der Waals surface area contributed by atoms with Crippen molar-refractivity contribution in [2.45, 2.75) is 46.6 Å². The van der Waals surface area contributed by atoms with Gasteiger partial charge in [-0.2, -0.15) is 5.26 Å². The van der Waals surface area contributed by atoms with Crippen molar-refractivity contribution in [2.24, 2.45) is 5.41 Å². The van der Waals surface area contributed by atoms with Crippen LogP contribution in [0.1, 0.15) is 45.6 Å². The molecule has 2 aromatic carbocycles. The summed E-state index contributed by atoms with van der Waals surface area (Å²) in [4.78, 5) is 2.47. The lowest BCUT2D eigenvalue weighted by Gasteiger charge is -2.38. The van der Waals surface area contributed by atoms with Gasteiger partial charge in [-0.3, -0.25) is 4.90 Å². The first-order valence-corrected chi connectivity index (χ1v) is 9.91. The largest absolute Gasteiger partial charge is 0.299 e. The molecule has 2 nitrogen and oxygen atoms in total. The maximum absolute atomic E-state index is 8.96. The summed E-state index contributed by atoms with van der Waals surface area (Å²) in [7, 11) is 0. The van der Waals surface area contributed by atoms with Gasteiger partial charge in [-0.25, -0.2) is 0 Å². The van der Waals surface area contributed by atoms with Gasteiger partial charge < -0.3 is 0 Å². The quantitative estimate of drug-likeness (QED) is 0.611. The number of hydrogen-bond donors (Lipinski definition) is 0. The molecule has 0 unspecified atom stereocenters. The Hall–Kier alpha value is -1.82. The second-order valence-electron chi connectivity index (χ2n) is 7.10. The lowest BCUT2D eigenvalue weighted by atomic mass is 9.78. The standard InChI is InChI=1S/C21H23ClN2.C2H6/c1-21(9-12-23)10-13-24(14-11-21)16-17-7-8-19(20(22)15-17)18-5-3-2-4-6-18;1-2/h2-8,15H,9-11,13-14,16H2,1H3;1-2H3. The van der Waals surface area contributed by atoms with E-state index in [9.17, 15) is 0 Å². The van der Waals surface area contributed by atoms with E-state index in [0.717, 1.165) is 48.6 Å². The van der Waals surface area contributed by atoms with Crippen molar-refractivity contribution in [3.8, 4) is 17.2 Å². The molecule has 26 heavy (non-hydrogen) atoms. The molecule has 1 aliphatic heterocycles. The molecule has 0 radical (unpaired) electrons. The van der Waals surface area contributed by atoms with E-state index >= 15 is 0 Å². The van der Waals surface area contributed by atoms with E-state index in [4.69, 9.17) is 16.9 Å². The topological polar surface area (TPSA) is 27.0 Å². The molecule has 1 saturated heterocycles. The van der Waals surface area contributed by atoms with Crippen LogP contribution in [-0.2, 0) is 6.54 Å². The molecule has 0 atom stereocenters. The number of rotatable bonds is 4. The number of nitrogens with zero attached hydrogens (tertiary/aromatic N) is 2. The van der Waals surface area contributed by atoms with Crippen LogP contribution in [0.2, 0.25) is 5.02 Å². The van der Waals surface area contributed by atoms with Crippen molar-refractivity contribution >= 4 is 11.6 Å². The normalized spacial score (nSPS) is 16.3. The molecule has 0 aliphatic carbocycles. The molecule has 0 amide bonds. The Morgan fingerprint density at radius 3 is 2.31 bits per heavy atom. The van der Waals surface area contributed by atoms with Crippen LogP contribution >= 0.6 is 11.6 Å². The fourth-order valence-corrected chi connectivity index (χ4v) is 3.70. The van der Waals surface area contributed by atoms with Gasteiger partial charge in [0.25, 0.3) is 0 Å². The molecule has 1 aliphatic rings. The first kappa shape index (κ1) is 20.5. The maximum atomic E-state index is 8.96. The first-order valence-electron chi connectivity index (χ1n) is 9.53. The maximum Gasteiger partial charge on any atom is 0.0627 e. The van der Waals surface area contributed by atoms with Crippen molar-refractivity contribution in [2.75, 3.05) is 13.1 Å². The Labute approximate surface area is 163 Å². The zero-order chi connectivity index (χ0) is 19.0. The Morgan fingerprint density at radius 2 is 1.73 bits per heavy atom. The van der Waals surface area contributed by atoms with Gasteiger partial charge in [-0.1, -0.05) is 74.8 Å². The predicted molar refractivity (Wildman–Crippen MR) is 111 cm³/mol. The second kappa shape index (κ2) is 9.76. The zero-order valence-corrected chi connectivity index (χ0v) is 16.9. The molecule has 3 heteroatoms. The minimum absolute atomic E-state index is 0.195. The van der Waals surface area contributed by atoms with Crippen molar-refractivity contribution in [3.05, 3.63) is 59.1 Å². The highest BCUT2D eigenvalue weighted by atomic mass is 35.5. The van der Waals surface area contributed by atoms with E-state index in [2.05, 4.69) is 48.2 Å². The van der Waals surface area contributed by atoms with Crippen LogP contribution in [0.3, 0.4) is 0 Å². The van der Waals surface area contributed by atoms with Gasteiger partial charge in [0.15, 0.2) is 0 Å². The fourth-order valence-electron chi connectivity index (χ4n) is 3.39. The minimum Gasteiger partial charge on any atom is -0.299 e. The molecule has 1 fully saturated rings. The highest BCUT2D eigenvalue weighted by Gasteiger charge is 2.29. The van der Waals surface area contributed by atoms with Crippen LogP contribution in [-0.4, -0.2) is 18.0 Å². The van der Waals surface area contributed by atoms with Gasteiger partial charge >= 0.3 is 0 Å². The Morgan fingerprint density at radius 1 is 1.08 bits per heavy atom. The Balaban J connectivity index is 0.00000117. The number of nitriles is 1. The Bertz CT molecular complexity index is 726. The van der Waals surface area contributed by atoms with Crippen LogP contribution in [0, 0.1) is 16.7 Å². The fraction of sp³-hybridized carbons (Fsp3) is 0.435. The van der Waals surface area contributed by atoms with Crippen LogP contribution in [0.4, 0.5) is 0 Å². The average Bonchev–Trinajstić information content (AvgIpc) is 2.66. The van der Waals surface area contributed by atoms with Gasteiger partial charge in [0, 0.05) is 23.6 Å². The van der Waals surface area contributed by atoms with Gasteiger partial charge in [-0.15, -0.1) is 0 Å². The number of halogens is 1. The van der Waals surface area contributed by atoms with E-state index in [1.807, 2.05) is 32.0 Å². The smallest absolute Gasteiger partial charge is 0.0627 e. The third-order valence-electron chi connectivity index (χ3n) is 5.09. The lowest BCUT2D eigenvalue weighted by Crippen LogP contribution is -2.38. The molecule has 2 aromatic rings. The summed E-state index contributed by atoms with van der Waals surface area (Å²) in [5.41, 5.74) is 3.68. The van der Waals surface area contributed by atoms with Gasteiger partial charge in [0.05, 0.1) is 6.07 Å². The third-order valence-corrected chi connectivity index (χ3v) is 5.41. The molecule has 0 spiro atoms. The van der Waals surface area contributed by atoms with Crippen LogP contribution in [0.15, 0.2) is 48.5 Å². The first-order chi connectivity index (χ1) is 12.6. The summed E-state index contributed by atoms with van der Waals surface area (Å²) in [5.74, 6) is 0. The third kappa shape index (κ3) is 5.34. The molecule has 1 heterocycles. The molecule has 138 valence electrons. The van der Waals surface area contributed by atoms with Crippen molar-refractivity contribution in [1.29, 1.82) is 5.26 Å². The molecule has 3 rings (SSSR count). The van der Waals surface area contributed by atoms with E-state index in [-0.39, 0.29) is 5.41 Å². The van der Waals surface area contributed by atoms with Crippen molar-refractivity contribution in [1.82, 2.24) is 4.90 Å². The highest BCUT2D eigenvalue weighted by Crippen LogP contribution is 2.35. The minimum atomic E-state index is 0.195. The number of piperidine rings is 1. The molecule has 0 aromatic heterocycles. The van der Waals surface area contributed by atoms with Crippen molar-refractivity contribution in [3.63, 3.8) is 0 Å². The van der Waals surface area contributed by atoms with Gasteiger partial charge in [-0.05, 0) is 48.5 Å². The number of hydrogen-bond acceptors (Lipinski definition) is 2. The highest BCUT2D eigenvalue weighted by molar-refractivity contribution is 6.33. The molecule has 0 N–H and O–H groups in total. The van der Waals surface area contributed by atoms with Crippen LogP contribution in [0.25, 0.3) is 11.1 Å². The monoisotopic (exact) mass is 368 g/mol. The summed E-state index contributed by atoms with van der Waals surface area (Å²) < 4.78 is 0. The molecular weight excluding hydrogens is 340 g/mol. The van der Waals surface area contributed by atoms with Crippen molar-refractivity contribution < 1.29 is 0 Å². The summed E-state index contributed by atoms with van der Waals surface area (Å²) in [6.45, 7) is 9.27. The molecular formula is C23H29ClN2. The zero-order valence-electron chi connectivity index (χ0n) is 16.1.